The number of hydrogen-bond acceptors (Lipinski definition) is 4. The molecule has 2 N–H and O–H groups in total. The third kappa shape index (κ3) is 2.87. The van der Waals surface area contributed by atoms with Crippen molar-refractivity contribution >= 4 is 5.91 Å². The first kappa shape index (κ1) is 15.0. The van der Waals surface area contributed by atoms with Gasteiger partial charge in [0.2, 0.25) is 5.76 Å². The molecule has 1 aliphatic heterocycles. The molecule has 0 unspecified atom stereocenters. The third-order valence-corrected chi connectivity index (χ3v) is 4.47. The van der Waals surface area contributed by atoms with E-state index in [4.69, 9.17) is 10.3 Å². The van der Waals surface area contributed by atoms with Crippen molar-refractivity contribution in [1.29, 1.82) is 0 Å². The molecule has 5 nitrogen and oxygen atoms in total. The smallest absolute Gasteiger partial charge is 0.292 e. The molecule has 1 amide bonds. The van der Waals surface area contributed by atoms with Gasteiger partial charge < -0.3 is 15.2 Å². The minimum atomic E-state index is -0.0750. The Morgan fingerprint density at radius 1 is 1.65 bits per heavy atom. The van der Waals surface area contributed by atoms with Gasteiger partial charge in [-0.25, -0.2) is 0 Å². The highest BCUT2D eigenvalue weighted by atomic mass is 16.5. The summed E-state index contributed by atoms with van der Waals surface area (Å²) >= 11 is 0. The van der Waals surface area contributed by atoms with Crippen molar-refractivity contribution < 1.29 is 9.32 Å². The van der Waals surface area contributed by atoms with Crippen LogP contribution in [0.5, 0.6) is 0 Å². The van der Waals surface area contributed by atoms with Crippen LogP contribution >= 0.6 is 0 Å². The van der Waals surface area contributed by atoms with E-state index in [9.17, 15) is 4.79 Å². The number of amides is 1. The number of aromatic nitrogens is 1. The zero-order chi connectivity index (χ0) is 14.7. The second kappa shape index (κ2) is 6.39. The summed E-state index contributed by atoms with van der Waals surface area (Å²) in [5.74, 6) is 1.02. The van der Waals surface area contributed by atoms with Gasteiger partial charge in [-0.15, -0.1) is 0 Å². The van der Waals surface area contributed by atoms with Gasteiger partial charge in [0.1, 0.15) is 0 Å². The van der Waals surface area contributed by atoms with Crippen LogP contribution in [0, 0.1) is 5.92 Å². The van der Waals surface area contributed by atoms with Crippen LogP contribution in [0.2, 0.25) is 0 Å². The summed E-state index contributed by atoms with van der Waals surface area (Å²) in [5, 5.41) is 4.02. The van der Waals surface area contributed by atoms with E-state index in [-0.39, 0.29) is 11.9 Å². The molecule has 5 heteroatoms. The molecule has 0 radical (unpaired) electrons. The lowest BCUT2D eigenvalue weighted by Gasteiger charge is -2.38. The summed E-state index contributed by atoms with van der Waals surface area (Å²) in [7, 11) is 0. The average molecular weight is 279 g/mol. The molecule has 0 bridgehead atoms. The molecule has 1 saturated heterocycles. The van der Waals surface area contributed by atoms with Crippen molar-refractivity contribution in [3.8, 4) is 0 Å². The molecule has 3 atom stereocenters. The fraction of sp³-hybridized carbons (Fsp3) is 0.733. The highest BCUT2D eigenvalue weighted by molar-refractivity contribution is 5.91. The number of carbonyl (C=O) groups excluding carboxylic acids is 1. The van der Waals surface area contributed by atoms with Crippen molar-refractivity contribution in [3.63, 3.8) is 0 Å². The summed E-state index contributed by atoms with van der Waals surface area (Å²) in [6.07, 6.45) is 3.13. The lowest BCUT2D eigenvalue weighted by Crippen LogP contribution is -2.51. The Labute approximate surface area is 120 Å². The van der Waals surface area contributed by atoms with E-state index in [1.54, 1.807) is 6.07 Å². The molecule has 1 aliphatic rings. The second-order valence-electron chi connectivity index (χ2n) is 5.85. The lowest BCUT2D eigenvalue weighted by molar-refractivity contribution is 0.0492. The molecule has 0 saturated carbocycles. The number of rotatable bonds is 4. The van der Waals surface area contributed by atoms with Gasteiger partial charge in [-0.2, -0.15) is 0 Å². The Kier molecular flexibility index (Phi) is 4.81. The van der Waals surface area contributed by atoms with Crippen LogP contribution in [0.1, 0.15) is 62.2 Å². The number of carbonyl (C=O) groups is 1. The van der Waals surface area contributed by atoms with Crippen LogP contribution in [0.15, 0.2) is 10.6 Å². The summed E-state index contributed by atoms with van der Waals surface area (Å²) in [5.41, 5.74) is 6.69. The monoisotopic (exact) mass is 279 g/mol. The Hall–Kier alpha value is -1.36. The molecule has 112 valence electrons. The molecule has 1 aromatic rings. The lowest BCUT2D eigenvalue weighted by atomic mass is 9.90. The molecular weight excluding hydrogens is 254 g/mol. The number of hydrogen-bond donors (Lipinski definition) is 1. The minimum absolute atomic E-state index is 0.0750. The maximum absolute atomic E-state index is 12.6. The molecule has 0 aliphatic carbocycles. The average Bonchev–Trinajstić information content (AvgIpc) is 2.95. The first-order chi connectivity index (χ1) is 9.58. The molecule has 0 aromatic carbocycles. The van der Waals surface area contributed by atoms with E-state index in [2.05, 4.69) is 25.9 Å². The second-order valence-corrected chi connectivity index (χ2v) is 5.85. The number of nitrogens with two attached hydrogens (primary N) is 1. The zero-order valence-electron chi connectivity index (χ0n) is 12.6. The normalized spacial score (nSPS) is 24.7. The fourth-order valence-corrected chi connectivity index (χ4v) is 2.83. The molecular formula is C15H25N3O2. The molecule has 0 spiro atoms. The van der Waals surface area contributed by atoms with E-state index in [0.717, 1.165) is 31.5 Å². The number of piperidine rings is 1. The summed E-state index contributed by atoms with van der Waals surface area (Å²) in [4.78, 5) is 14.4. The maximum Gasteiger partial charge on any atom is 0.292 e. The minimum Gasteiger partial charge on any atom is -0.351 e. The van der Waals surface area contributed by atoms with E-state index < -0.39 is 0 Å². The van der Waals surface area contributed by atoms with Gasteiger partial charge in [0, 0.05) is 31.1 Å². The van der Waals surface area contributed by atoms with E-state index in [1.807, 2.05) is 4.90 Å². The van der Waals surface area contributed by atoms with Crippen molar-refractivity contribution in [3.05, 3.63) is 17.5 Å². The van der Waals surface area contributed by atoms with Gasteiger partial charge in [0.15, 0.2) is 0 Å². The summed E-state index contributed by atoms with van der Waals surface area (Å²) < 4.78 is 5.25. The van der Waals surface area contributed by atoms with Gasteiger partial charge in [-0.05, 0) is 25.2 Å². The first-order valence-corrected chi connectivity index (χ1v) is 7.56. The number of nitrogens with zero attached hydrogens (tertiary/aromatic N) is 2. The van der Waals surface area contributed by atoms with Crippen molar-refractivity contribution in [2.24, 2.45) is 11.7 Å². The zero-order valence-corrected chi connectivity index (χ0v) is 12.6. The summed E-state index contributed by atoms with van der Waals surface area (Å²) in [6.45, 7) is 7.58. The molecule has 2 heterocycles. The van der Waals surface area contributed by atoms with Crippen molar-refractivity contribution in [1.82, 2.24) is 10.1 Å². The largest absolute Gasteiger partial charge is 0.351 e. The summed E-state index contributed by atoms with van der Waals surface area (Å²) in [6, 6.07) is 1.89. The van der Waals surface area contributed by atoms with Crippen LogP contribution in [-0.2, 0) is 0 Å². The standard InChI is InChI=1S/C15H25N3O2/c1-4-10(2)12-8-14(20-17-12)15(19)18-7-5-6-11(3)13(18)9-16/h8,10-11,13H,4-7,9,16H2,1-3H3/t10-,11-,13-/m0/s1. The van der Waals surface area contributed by atoms with Crippen molar-refractivity contribution in [2.75, 3.05) is 13.1 Å². The van der Waals surface area contributed by atoms with E-state index in [0.29, 0.717) is 24.1 Å². The highest BCUT2D eigenvalue weighted by Crippen LogP contribution is 2.25. The predicted octanol–water partition coefficient (Wildman–Crippen LogP) is 2.39. The predicted molar refractivity (Wildman–Crippen MR) is 77.5 cm³/mol. The third-order valence-electron chi connectivity index (χ3n) is 4.47. The van der Waals surface area contributed by atoms with Crippen LogP contribution in [0.25, 0.3) is 0 Å². The van der Waals surface area contributed by atoms with Gasteiger partial charge in [-0.1, -0.05) is 25.9 Å². The van der Waals surface area contributed by atoms with Crippen LogP contribution in [0.4, 0.5) is 0 Å². The topological polar surface area (TPSA) is 72.4 Å². The SMILES string of the molecule is CC[C@H](C)c1cc(C(=O)N2CCC[C@H](C)[C@@H]2CN)on1. The van der Waals surface area contributed by atoms with Gasteiger partial charge >= 0.3 is 0 Å². The quantitative estimate of drug-likeness (QED) is 0.918. The Balaban J connectivity index is 2.15. The Morgan fingerprint density at radius 2 is 2.40 bits per heavy atom. The molecule has 1 aromatic heterocycles. The van der Waals surface area contributed by atoms with Gasteiger partial charge in [0.25, 0.3) is 5.91 Å². The van der Waals surface area contributed by atoms with E-state index in [1.165, 1.54) is 0 Å². The highest BCUT2D eigenvalue weighted by Gasteiger charge is 2.33. The Bertz CT molecular complexity index is 458. The molecule has 2 rings (SSSR count). The van der Waals surface area contributed by atoms with Crippen LogP contribution in [0.3, 0.4) is 0 Å². The molecule has 20 heavy (non-hydrogen) atoms. The fourth-order valence-electron chi connectivity index (χ4n) is 2.83. The molecule has 1 fully saturated rings. The number of likely N-dealkylation sites (tertiary alicyclic amines) is 1. The van der Waals surface area contributed by atoms with Gasteiger partial charge in [-0.3, -0.25) is 4.79 Å². The van der Waals surface area contributed by atoms with Crippen molar-refractivity contribution in [2.45, 2.75) is 52.0 Å². The first-order valence-electron chi connectivity index (χ1n) is 7.56. The van der Waals surface area contributed by atoms with Crippen LogP contribution < -0.4 is 5.73 Å². The van der Waals surface area contributed by atoms with Gasteiger partial charge in [0.05, 0.1) is 5.69 Å². The maximum atomic E-state index is 12.6. The Morgan fingerprint density at radius 3 is 3.05 bits per heavy atom. The van der Waals surface area contributed by atoms with E-state index >= 15 is 0 Å². The van der Waals surface area contributed by atoms with Crippen LogP contribution in [-0.4, -0.2) is 35.1 Å².